The average Bonchev–Trinajstić information content (AvgIpc) is 2.62. The van der Waals surface area contributed by atoms with Crippen molar-refractivity contribution in [2.45, 2.75) is 13.8 Å². The van der Waals surface area contributed by atoms with Crippen LogP contribution < -0.4 is 15.6 Å². The summed E-state index contributed by atoms with van der Waals surface area (Å²) in [6, 6.07) is 15.6. The summed E-state index contributed by atoms with van der Waals surface area (Å²) in [5.74, 6) is 0.934. The van der Waals surface area contributed by atoms with Crippen LogP contribution in [0.5, 0.6) is 5.75 Å². The molecule has 3 rings (SSSR count). The molecule has 2 aromatic carbocycles. The molecule has 0 aliphatic carbocycles. The molecule has 0 radical (unpaired) electrons. The van der Waals surface area contributed by atoms with Crippen molar-refractivity contribution in [3.8, 4) is 17.1 Å². The lowest BCUT2D eigenvalue weighted by atomic mass is 10.1. The molecule has 132 valence electrons. The highest BCUT2D eigenvalue weighted by molar-refractivity contribution is 6.04. The molecular weight excluding hydrogens is 330 g/mol. The van der Waals surface area contributed by atoms with Crippen LogP contribution in [0.25, 0.3) is 11.4 Å². The van der Waals surface area contributed by atoms with Crippen LogP contribution >= 0.6 is 0 Å². The summed E-state index contributed by atoms with van der Waals surface area (Å²) in [5, 5.41) is 2.84. The van der Waals surface area contributed by atoms with Gasteiger partial charge in [-0.25, -0.2) is 4.98 Å². The molecule has 2 N–H and O–H groups in total. The molecule has 0 bridgehead atoms. The Bertz CT molecular complexity index is 978. The molecule has 0 unspecified atom stereocenters. The number of H-pyrrole nitrogens is 1. The fraction of sp³-hybridized carbons (Fsp3) is 0.150. The van der Waals surface area contributed by atoms with E-state index in [0.717, 1.165) is 5.56 Å². The van der Waals surface area contributed by atoms with Crippen molar-refractivity contribution in [1.82, 2.24) is 9.97 Å². The molecule has 6 heteroatoms. The van der Waals surface area contributed by atoms with Crippen molar-refractivity contribution in [2.75, 3.05) is 11.9 Å². The van der Waals surface area contributed by atoms with Gasteiger partial charge in [0.05, 0.1) is 6.61 Å². The lowest BCUT2D eigenvalue weighted by Crippen LogP contribution is -2.12. The Hall–Kier alpha value is -3.41. The quantitative estimate of drug-likeness (QED) is 0.739. The largest absolute Gasteiger partial charge is 0.494 e. The summed E-state index contributed by atoms with van der Waals surface area (Å²) in [7, 11) is 0. The van der Waals surface area contributed by atoms with E-state index < -0.39 is 0 Å². The number of aromatic amines is 1. The first-order valence-electron chi connectivity index (χ1n) is 8.28. The minimum Gasteiger partial charge on any atom is -0.494 e. The smallest absolute Gasteiger partial charge is 0.255 e. The number of nitrogens with one attached hydrogen (secondary N) is 2. The Morgan fingerprint density at radius 1 is 1.15 bits per heavy atom. The van der Waals surface area contributed by atoms with Crippen LogP contribution in [-0.4, -0.2) is 22.5 Å². The molecule has 6 nitrogen and oxygen atoms in total. The first-order valence-corrected chi connectivity index (χ1v) is 8.28. The Balaban J connectivity index is 1.75. The second kappa shape index (κ2) is 7.65. The third-order valence-electron chi connectivity index (χ3n) is 3.69. The number of amides is 1. The number of carbonyl (C=O) groups is 1. The first kappa shape index (κ1) is 17.4. The van der Waals surface area contributed by atoms with E-state index in [1.54, 1.807) is 49.4 Å². The highest BCUT2D eigenvalue weighted by Gasteiger charge is 2.08. The van der Waals surface area contributed by atoms with Crippen molar-refractivity contribution >= 4 is 11.6 Å². The SMILES string of the molecule is CCOc1cccc(C(=O)Nc2ccc(-c3nc(C)cc(=O)[nH]3)cc2)c1. The van der Waals surface area contributed by atoms with E-state index in [1.165, 1.54) is 6.07 Å². The maximum absolute atomic E-state index is 12.4. The summed E-state index contributed by atoms with van der Waals surface area (Å²) >= 11 is 0. The van der Waals surface area contributed by atoms with Gasteiger partial charge in [-0.2, -0.15) is 0 Å². The molecule has 0 aliphatic rings. The normalized spacial score (nSPS) is 10.4. The van der Waals surface area contributed by atoms with E-state index in [0.29, 0.717) is 35.1 Å². The molecule has 0 saturated heterocycles. The number of carbonyl (C=O) groups excluding carboxylic acids is 1. The zero-order chi connectivity index (χ0) is 18.5. The lowest BCUT2D eigenvalue weighted by molar-refractivity contribution is 0.102. The number of rotatable bonds is 5. The van der Waals surface area contributed by atoms with E-state index in [4.69, 9.17) is 4.74 Å². The van der Waals surface area contributed by atoms with E-state index >= 15 is 0 Å². The maximum Gasteiger partial charge on any atom is 0.255 e. The summed E-state index contributed by atoms with van der Waals surface area (Å²) < 4.78 is 5.41. The minimum absolute atomic E-state index is 0.195. The molecular formula is C20H19N3O3. The molecule has 26 heavy (non-hydrogen) atoms. The van der Waals surface area contributed by atoms with Crippen LogP contribution in [-0.2, 0) is 0 Å². The van der Waals surface area contributed by atoms with Crippen LogP contribution in [0.15, 0.2) is 59.4 Å². The molecule has 0 aliphatic heterocycles. The second-order valence-electron chi connectivity index (χ2n) is 5.73. The average molecular weight is 349 g/mol. The first-order chi connectivity index (χ1) is 12.5. The summed E-state index contributed by atoms with van der Waals surface area (Å²) in [4.78, 5) is 31.0. The topological polar surface area (TPSA) is 84.1 Å². The van der Waals surface area contributed by atoms with E-state index in [2.05, 4.69) is 15.3 Å². The second-order valence-corrected chi connectivity index (χ2v) is 5.73. The van der Waals surface area contributed by atoms with Crippen molar-refractivity contribution in [3.63, 3.8) is 0 Å². The zero-order valence-electron chi connectivity index (χ0n) is 14.6. The molecule has 1 aromatic heterocycles. The van der Waals surface area contributed by atoms with Gasteiger partial charge in [0.1, 0.15) is 11.6 Å². The van der Waals surface area contributed by atoms with Gasteiger partial charge in [0, 0.05) is 28.6 Å². The number of hydrogen-bond donors (Lipinski definition) is 2. The zero-order valence-corrected chi connectivity index (χ0v) is 14.6. The molecule has 0 atom stereocenters. The van der Waals surface area contributed by atoms with Crippen LogP contribution in [0.1, 0.15) is 23.0 Å². The number of hydrogen-bond acceptors (Lipinski definition) is 4. The van der Waals surface area contributed by atoms with E-state index in [9.17, 15) is 9.59 Å². The van der Waals surface area contributed by atoms with Gasteiger partial charge in [0.25, 0.3) is 11.5 Å². The monoisotopic (exact) mass is 349 g/mol. The molecule has 3 aromatic rings. The van der Waals surface area contributed by atoms with Crippen molar-refractivity contribution < 1.29 is 9.53 Å². The van der Waals surface area contributed by atoms with Crippen LogP contribution in [0.4, 0.5) is 5.69 Å². The summed E-state index contributed by atoms with van der Waals surface area (Å²) in [6.45, 7) is 4.20. The van der Waals surface area contributed by atoms with Crippen molar-refractivity contribution in [2.24, 2.45) is 0 Å². The highest BCUT2D eigenvalue weighted by Crippen LogP contribution is 2.19. The number of nitrogens with zero attached hydrogens (tertiary/aromatic N) is 1. The third-order valence-corrected chi connectivity index (χ3v) is 3.69. The molecule has 0 spiro atoms. The van der Waals surface area contributed by atoms with Gasteiger partial charge >= 0.3 is 0 Å². The summed E-state index contributed by atoms with van der Waals surface area (Å²) in [5.41, 5.74) is 2.39. The molecule has 1 amide bonds. The number of aryl methyl sites for hydroxylation is 1. The number of benzene rings is 2. The Kier molecular flexibility index (Phi) is 5.12. The van der Waals surface area contributed by atoms with Gasteiger partial charge < -0.3 is 15.0 Å². The van der Waals surface area contributed by atoms with Gasteiger partial charge in [0.15, 0.2) is 0 Å². The van der Waals surface area contributed by atoms with Gasteiger partial charge in [-0.1, -0.05) is 6.07 Å². The summed E-state index contributed by atoms with van der Waals surface area (Å²) in [6.07, 6.45) is 0. The predicted molar refractivity (Wildman–Crippen MR) is 101 cm³/mol. The van der Waals surface area contributed by atoms with Gasteiger partial charge in [-0.15, -0.1) is 0 Å². The van der Waals surface area contributed by atoms with Crippen molar-refractivity contribution in [3.05, 3.63) is 76.2 Å². The van der Waals surface area contributed by atoms with Crippen LogP contribution in [0, 0.1) is 6.92 Å². The highest BCUT2D eigenvalue weighted by atomic mass is 16.5. The standard InChI is InChI=1S/C20H19N3O3/c1-3-26-17-6-4-5-15(12-17)20(25)22-16-9-7-14(8-10-16)19-21-13(2)11-18(24)23-19/h4-12H,3H2,1-2H3,(H,22,25)(H,21,23,24). The number of aromatic nitrogens is 2. The van der Waals surface area contributed by atoms with Crippen LogP contribution in [0.2, 0.25) is 0 Å². The van der Waals surface area contributed by atoms with Crippen molar-refractivity contribution in [1.29, 1.82) is 0 Å². The molecule has 1 heterocycles. The predicted octanol–water partition coefficient (Wildman–Crippen LogP) is 3.40. The fourth-order valence-electron chi connectivity index (χ4n) is 2.52. The molecule has 0 saturated carbocycles. The maximum atomic E-state index is 12.4. The van der Waals surface area contributed by atoms with Gasteiger partial charge in [-0.05, 0) is 56.3 Å². The Morgan fingerprint density at radius 3 is 2.62 bits per heavy atom. The van der Waals surface area contributed by atoms with Gasteiger partial charge in [-0.3, -0.25) is 9.59 Å². The van der Waals surface area contributed by atoms with Crippen LogP contribution in [0.3, 0.4) is 0 Å². The number of ether oxygens (including phenoxy) is 1. The minimum atomic E-state index is -0.221. The molecule has 0 fully saturated rings. The Morgan fingerprint density at radius 2 is 1.92 bits per heavy atom. The fourth-order valence-corrected chi connectivity index (χ4v) is 2.52. The van der Waals surface area contributed by atoms with Gasteiger partial charge in [0.2, 0.25) is 0 Å². The lowest BCUT2D eigenvalue weighted by Gasteiger charge is -2.08. The third kappa shape index (κ3) is 4.16. The Labute approximate surface area is 150 Å². The van der Waals surface area contributed by atoms with E-state index in [1.807, 2.05) is 13.0 Å². The number of anilines is 1. The van der Waals surface area contributed by atoms with E-state index in [-0.39, 0.29) is 11.5 Å².